The summed E-state index contributed by atoms with van der Waals surface area (Å²) >= 11 is 0. The van der Waals surface area contributed by atoms with Crippen LogP contribution in [0, 0.1) is 5.92 Å². The molecule has 0 spiro atoms. The van der Waals surface area contributed by atoms with Crippen LogP contribution in [-0.4, -0.2) is 36.5 Å². The average Bonchev–Trinajstić information content (AvgIpc) is 2.98. The molecule has 1 saturated heterocycles. The topological polar surface area (TPSA) is 75.4 Å². The maximum Gasteiger partial charge on any atom is 0.317 e. The molecule has 3 amide bonds. The van der Waals surface area contributed by atoms with Crippen LogP contribution in [0.15, 0.2) is 30.3 Å². The number of rotatable bonds is 5. The first-order chi connectivity index (χ1) is 10.4. The number of nitrogens with one attached hydrogen (secondary N) is 1. The first kappa shape index (κ1) is 16.3. The van der Waals surface area contributed by atoms with Gasteiger partial charge in [-0.3, -0.25) is 4.79 Å². The summed E-state index contributed by atoms with van der Waals surface area (Å²) in [6.07, 6.45) is 1.52. The lowest BCUT2D eigenvalue weighted by Crippen LogP contribution is -2.40. The monoisotopic (exact) mass is 303 g/mol. The maximum atomic E-state index is 12.1. The first-order valence-electron chi connectivity index (χ1n) is 7.78. The van der Waals surface area contributed by atoms with Gasteiger partial charge in [0.25, 0.3) is 0 Å². The van der Waals surface area contributed by atoms with Crippen LogP contribution in [-0.2, 0) is 10.2 Å². The molecule has 0 radical (unpaired) electrons. The molecule has 0 aliphatic carbocycles. The highest BCUT2D eigenvalue weighted by Crippen LogP contribution is 2.26. The number of carbonyl (C=O) groups excluding carboxylic acids is 2. The van der Waals surface area contributed by atoms with E-state index in [4.69, 9.17) is 5.73 Å². The Morgan fingerprint density at radius 3 is 2.59 bits per heavy atom. The number of carbonyl (C=O) groups is 2. The third kappa shape index (κ3) is 4.00. The highest BCUT2D eigenvalue weighted by Gasteiger charge is 2.29. The molecular formula is C17H25N3O2. The van der Waals surface area contributed by atoms with E-state index >= 15 is 0 Å². The second-order valence-electron chi connectivity index (χ2n) is 6.57. The molecule has 5 heteroatoms. The van der Waals surface area contributed by atoms with Gasteiger partial charge in [-0.2, -0.15) is 0 Å². The molecule has 0 bridgehead atoms. The summed E-state index contributed by atoms with van der Waals surface area (Å²) in [7, 11) is 0. The zero-order valence-electron chi connectivity index (χ0n) is 13.3. The van der Waals surface area contributed by atoms with Gasteiger partial charge in [-0.1, -0.05) is 44.2 Å². The summed E-state index contributed by atoms with van der Waals surface area (Å²) in [5.41, 5.74) is 6.56. The third-order valence-electron chi connectivity index (χ3n) is 4.46. The number of amides is 3. The van der Waals surface area contributed by atoms with Crippen molar-refractivity contribution in [3.05, 3.63) is 35.9 Å². The fourth-order valence-corrected chi connectivity index (χ4v) is 2.80. The van der Waals surface area contributed by atoms with Gasteiger partial charge >= 0.3 is 6.03 Å². The first-order valence-corrected chi connectivity index (χ1v) is 7.78. The summed E-state index contributed by atoms with van der Waals surface area (Å²) in [4.78, 5) is 24.9. The van der Waals surface area contributed by atoms with Crippen LogP contribution in [0.2, 0.25) is 0 Å². The molecule has 22 heavy (non-hydrogen) atoms. The van der Waals surface area contributed by atoms with Crippen LogP contribution < -0.4 is 11.1 Å². The molecule has 1 aliphatic heterocycles. The Hall–Kier alpha value is -2.04. The van der Waals surface area contributed by atoms with Crippen LogP contribution >= 0.6 is 0 Å². The lowest BCUT2D eigenvalue weighted by atomic mass is 9.82. The Labute approximate surface area is 131 Å². The highest BCUT2D eigenvalue weighted by atomic mass is 16.2. The quantitative estimate of drug-likeness (QED) is 0.871. The number of nitrogens with two attached hydrogens (primary N) is 1. The van der Waals surface area contributed by atoms with E-state index in [1.807, 2.05) is 18.2 Å². The largest absolute Gasteiger partial charge is 0.369 e. The summed E-state index contributed by atoms with van der Waals surface area (Å²) < 4.78 is 0. The predicted octanol–water partition coefficient (Wildman–Crippen LogP) is 1.87. The minimum atomic E-state index is -0.319. The minimum absolute atomic E-state index is 0.00924. The van der Waals surface area contributed by atoms with Crippen LogP contribution in [0.3, 0.4) is 0 Å². The summed E-state index contributed by atoms with van der Waals surface area (Å²) in [5.74, 6) is -0.521. The number of benzene rings is 1. The van der Waals surface area contributed by atoms with Crippen molar-refractivity contribution in [3.8, 4) is 0 Å². The molecule has 3 N–H and O–H groups in total. The van der Waals surface area contributed by atoms with E-state index in [9.17, 15) is 9.59 Å². The normalized spacial score (nSPS) is 18.3. The van der Waals surface area contributed by atoms with Gasteiger partial charge in [0.05, 0.1) is 5.92 Å². The molecule has 1 atom stereocenters. The third-order valence-corrected chi connectivity index (χ3v) is 4.46. The number of primary amides is 1. The fourth-order valence-electron chi connectivity index (χ4n) is 2.80. The number of nitrogens with zero attached hydrogens (tertiary/aromatic N) is 1. The highest BCUT2D eigenvalue weighted by molar-refractivity contribution is 5.80. The van der Waals surface area contributed by atoms with Gasteiger partial charge in [-0.25, -0.2) is 4.79 Å². The van der Waals surface area contributed by atoms with Crippen molar-refractivity contribution >= 4 is 11.9 Å². The molecule has 120 valence electrons. The van der Waals surface area contributed by atoms with E-state index in [-0.39, 0.29) is 23.3 Å². The van der Waals surface area contributed by atoms with Gasteiger partial charge < -0.3 is 16.0 Å². The molecule has 1 heterocycles. The van der Waals surface area contributed by atoms with E-state index in [0.717, 1.165) is 6.42 Å². The lowest BCUT2D eigenvalue weighted by molar-refractivity contribution is -0.121. The van der Waals surface area contributed by atoms with E-state index in [1.165, 1.54) is 5.56 Å². The van der Waals surface area contributed by atoms with Gasteiger partial charge in [0, 0.05) is 19.6 Å². The van der Waals surface area contributed by atoms with Gasteiger partial charge in [0.15, 0.2) is 0 Å². The molecule has 0 saturated carbocycles. The zero-order chi connectivity index (χ0) is 16.2. The molecule has 5 nitrogen and oxygen atoms in total. The summed E-state index contributed by atoms with van der Waals surface area (Å²) in [6, 6.07) is 10.2. The van der Waals surface area contributed by atoms with Crippen molar-refractivity contribution in [2.45, 2.75) is 32.1 Å². The molecule has 1 aromatic carbocycles. The number of likely N-dealkylation sites (tertiary alicyclic amines) is 1. The smallest absolute Gasteiger partial charge is 0.317 e. The average molecular weight is 303 g/mol. The SMILES string of the molecule is CC(C)(CCNC(=O)N1CCC(C(N)=O)C1)c1ccccc1. The second kappa shape index (κ2) is 6.81. The van der Waals surface area contributed by atoms with Crippen LogP contribution in [0.5, 0.6) is 0 Å². The van der Waals surface area contributed by atoms with Crippen molar-refractivity contribution in [3.63, 3.8) is 0 Å². The number of hydrogen-bond acceptors (Lipinski definition) is 2. The maximum absolute atomic E-state index is 12.1. The van der Waals surface area contributed by atoms with E-state index in [1.54, 1.807) is 4.90 Å². The molecule has 1 aromatic rings. The van der Waals surface area contributed by atoms with E-state index in [2.05, 4.69) is 31.3 Å². The standard InChI is InChI=1S/C17H25N3O2/c1-17(2,14-6-4-3-5-7-14)9-10-19-16(22)20-11-8-13(12-20)15(18)21/h3-7,13H,8-12H2,1-2H3,(H2,18,21)(H,19,22). The van der Waals surface area contributed by atoms with Crippen molar-refractivity contribution in [2.24, 2.45) is 11.7 Å². The molecule has 0 aromatic heterocycles. The zero-order valence-corrected chi connectivity index (χ0v) is 13.3. The van der Waals surface area contributed by atoms with Gasteiger partial charge in [-0.05, 0) is 23.8 Å². The van der Waals surface area contributed by atoms with Gasteiger partial charge in [-0.15, -0.1) is 0 Å². The Bertz CT molecular complexity index is 528. The molecule has 1 aliphatic rings. The van der Waals surface area contributed by atoms with Crippen molar-refractivity contribution in [1.29, 1.82) is 0 Å². The van der Waals surface area contributed by atoms with Crippen molar-refractivity contribution in [2.75, 3.05) is 19.6 Å². The van der Waals surface area contributed by atoms with Crippen LogP contribution in [0.4, 0.5) is 4.79 Å². The Kier molecular flexibility index (Phi) is 5.06. The van der Waals surface area contributed by atoms with Crippen molar-refractivity contribution < 1.29 is 9.59 Å². The molecule has 1 unspecified atom stereocenters. The van der Waals surface area contributed by atoms with Crippen LogP contribution in [0.1, 0.15) is 32.3 Å². The predicted molar refractivity (Wildman–Crippen MR) is 86.4 cm³/mol. The van der Waals surface area contributed by atoms with Gasteiger partial charge in [0.2, 0.25) is 5.91 Å². The second-order valence-corrected chi connectivity index (χ2v) is 6.57. The number of hydrogen-bond donors (Lipinski definition) is 2. The van der Waals surface area contributed by atoms with Gasteiger partial charge in [0.1, 0.15) is 0 Å². The lowest BCUT2D eigenvalue weighted by Gasteiger charge is -2.26. The number of urea groups is 1. The minimum Gasteiger partial charge on any atom is -0.369 e. The van der Waals surface area contributed by atoms with E-state index in [0.29, 0.717) is 26.1 Å². The van der Waals surface area contributed by atoms with E-state index < -0.39 is 0 Å². The van der Waals surface area contributed by atoms with Crippen LogP contribution in [0.25, 0.3) is 0 Å². The van der Waals surface area contributed by atoms with Crippen molar-refractivity contribution in [1.82, 2.24) is 10.2 Å². The molecule has 1 fully saturated rings. The molecular weight excluding hydrogens is 278 g/mol. The summed E-state index contributed by atoms with van der Waals surface area (Å²) in [6.45, 7) is 5.99. The Balaban J connectivity index is 1.79. The Morgan fingerprint density at radius 2 is 2.00 bits per heavy atom. The molecule has 2 rings (SSSR count). The summed E-state index contributed by atoms with van der Waals surface area (Å²) in [5, 5.41) is 2.94. The Morgan fingerprint density at radius 1 is 1.32 bits per heavy atom. The fraction of sp³-hybridized carbons (Fsp3) is 0.529.